The van der Waals surface area contributed by atoms with Crippen molar-refractivity contribution in [1.29, 1.82) is 0 Å². The number of rotatable bonds is 8. The van der Waals surface area contributed by atoms with E-state index in [1.165, 1.54) is 18.4 Å². The van der Waals surface area contributed by atoms with Gasteiger partial charge in [-0.15, -0.1) is 0 Å². The van der Waals surface area contributed by atoms with E-state index in [9.17, 15) is 18.3 Å². The molecule has 32 heavy (non-hydrogen) atoms. The summed E-state index contributed by atoms with van der Waals surface area (Å²) >= 11 is 0. The van der Waals surface area contributed by atoms with Gasteiger partial charge < -0.3 is 19.5 Å². The fourth-order valence-corrected chi connectivity index (χ4v) is 4.62. The Kier molecular flexibility index (Phi) is 8.47. The van der Waals surface area contributed by atoms with E-state index in [2.05, 4.69) is 16.8 Å². The highest BCUT2D eigenvalue weighted by Gasteiger charge is 2.42. The first kappa shape index (κ1) is 24.9. The minimum atomic E-state index is -4.36. The average Bonchev–Trinajstić information content (AvgIpc) is 2.76. The summed E-state index contributed by atoms with van der Waals surface area (Å²) < 4.78 is 49.9. The Balaban J connectivity index is 1.75. The number of piperazine rings is 1. The van der Waals surface area contributed by atoms with Gasteiger partial charge in [-0.3, -0.25) is 4.90 Å². The summed E-state index contributed by atoms with van der Waals surface area (Å²) in [6, 6.07) is 4.99. The summed E-state index contributed by atoms with van der Waals surface area (Å²) in [5, 5.41) is 11.6. The Morgan fingerprint density at radius 2 is 1.72 bits per heavy atom. The number of nitrogens with zero attached hydrogens (tertiary/aromatic N) is 2. The maximum absolute atomic E-state index is 12.8. The Bertz CT molecular complexity index is 738. The molecule has 1 aromatic carbocycles. The monoisotopic (exact) mass is 456 g/mol. The van der Waals surface area contributed by atoms with Gasteiger partial charge in [-0.1, -0.05) is 31.4 Å². The highest BCUT2D eigenvalue weighted by Crippen LogP contribution is 2.39. The zero-order valence-electron chi connectivity index (χ0n) is 19.0. The summed E-state index contributed by atoms with van der Waals surface area (Å²) in [5.41, 5.74) is -0.932. The number of ether oxygens (including phenoxy) is 2. The number of hydrogen-bond acceptors (Lipinski definition) is 5. The van der Waals surface area contributed by atoms with Gasteiger partial charge in [0.25, 0.3) is 0 Å². The largest absolute Gasteiger partial charge is 0.501 e. The molecule has 0 bridgehead atoms. The first-order valence-corrected chi connectivity index (χ1v) is 11.4. The van der Waals surface area contributed by atoms with Crippen molar-refractivity contribution in [3.05, 3.63) is 47.4 Å². The normalized spacial score (nSPS) is 21.9. The van der Waals surface area contributed by atoms with E-state index < -0.39 is 17.3 Å². The molecular weight excluding hydrogens is 421 g/mol. The van der Waals surface area contributed by atoms with Crippen LogP contribution in [0.3, 0.4) is 0 Å². The molecule has 180 valence electrons. The lowest BCUT2D eigenvalue weighted by molar-refractivity contribution is -0.137. The van der Waals surface area contributed by atoms with E-state index >= 15 is 0 Å². The van der Waals surface area contributed by atoms with Gasteiger partial charge >= 0.3 is 6.18 Å². The second-order valence-corrected chi connectivity index (χ2v) is 9.06. The Labute approximate surface area is 188 Å². The molecule has 0 amide bonds. The minimum absolute atomic E-state index is 0.114. The SMILES string of the molecule is CO/C=C(/OCc1ccc(C(F)(F)F)cc1)C(CN1CCN(C)CC1)C1(O)CCCCC1. The van der Waals surface area contributed by atoms with Crippen molar-refractivity contribution in [3.63, 3.8) is 0 Å². The average molecular weight is 457 g/mol. The van der Waals surface area contributed by atoms with Gasteiger partial charge in [0.05, 0.1) is 24.2 Å². The first-order valence-electron chi connectivity index (χ1n) is 11.4. The van der Waals surface area contributed by atoms with Crippen molar-refractivity contribution in [1.82, 2.24) is 9.80 Å². The third kappa shape index (κ3) is 6.62. The maximum Gasteiger partial charge on any atom is 0.416 e. The number of benzene rings is 1. The maximum atomic E-state index is 12.8. The van der Waals surface area contributed by atoms with Crippen molar-refractivity contribution < 1.29 is 27.8 Å². The summed E-state index contributed by atoms with van der Waals surface area (Å²) in [5.74, 6) is 0.288. The van der Waals surface area contributed by atoms with Crippen LogP contribution in [-0.2, 0) is 22.3 Å². The third-order valence-electron chi connectivity index (χ3n) is 6.67. The van der Waals surface area contributed by atoms with Crippen LogP contribution in [0.15, 0.2) is 36.3 Å². The number of hydrogen-bond donors (Lipinski definition) is 1. The van der Waals surface area contributed by atoms with Crippen LogP contribution in [0.2, 0.25) is 0 Å². The zero-order valence-corrected chi connectivity index (χ0v) is 19.0. The van der Waals surface area contributed by atoms with Gasteiger partial charge in [0.1, 0.15) is 18.6 Å². The molecule has 1 aliphatic heterocycles. The van der Waals surface area contributed by atoms with Crippen LogP contribution in [0.25, 0.3) is 0 Å². The lowest BCUT2D eigenvalue weighted by atomic mass is 9.74. The van der Waals surface area contributed by atoms with E-state index in [1.54, 1.807) is 7.11 Å². The van der Waals surface area contributed by atoms with Crippen molar-refractivity contribution in [2.24, 2.45) is 5.92 Å². The number of likely N-dealkylation sites (N-methyl/N-ethyl adjacent to an activating group) is 1. The van der Waals surface area contributed by atoms with Crippen molar-refractivity contribution in [2.45, 2.75) is 50.5 Å². The summed E-state index contributed by atoms with van der Waals surface area (Å²) in [4.78, 5) is 4.63. The number of aliphatic hydroxyl groups is 1. The molecular formula is C24H35F3N2O3. The molecule has 0 spiro atoms. The van der Waals surface area contributed by atoms with E-state index in [-0.39, 0.29) is 12.5 Å². The first-order chi connectivity index (χ1) is 15.2. The molecule has 0 radical (unpaired) electrons. The zero-order chi connectivity index (χ0) is 23.2. The Hall–Kier alpha value is -1.77. The highest BCUT2D eigenvalue weighted by molar-refractivity contribution is 5.24. The van der Waals surface area contributed by atoms with E-state index in [4.69, 9.17) is 9.47 Å². The van der Waals surface area contributed by atoms with Gasteiger partial charge in [0.2, 0.25) is 0 Å². The van der Waals surface area contributed by atoms with E-state index in [0.717, 1.165) is 57.6 Å². The molecule has 1 N–H and O–H groups in total. The van der Waals surface area contributed by atoms with Crippen LogP contribution in [0, 0.1) is 5.92 Å². The molecule has 2 fully saturated rings. The Morgan fingerprint density at radius 1 is 1.09 bits per heavy atom. The van der Waals surface area contributed by atoms with Crippen molar-refractivity contribution in [2.75, 3.05) is 46.9 Å². The van der Waals surface area contributed by atoms with Crippen LogP contribution >= 0.6 is 0 Å². The fourth-order valence-electron chi connectivity index (χ4n) is 4.62. The van der Waals surface area contributed by atoms with Gasteiger partial charge in [-0.2, -0.15) is 13.2 Å². The second-order valence-electron chi connectivity index (χ2n) is 9.06. The van der Waals surface area contributed by atoms with E-state index in [0.29, 0.717) is 30.7 Å². The van der Waals surface area contributed by atoms with Crippen LogP contribution in [0.5, 0.6) is 0 Å². The van der Waals surface area contributed by atoms with Crippen molar-refractivity contribution >= 4 is 0 Å². The fraction of sp³-hybridized carbons (Fsp3) is 0.667. The van der Waals surface area contributed by atoms with Crippen molar-refractivity contribution in [3.8, 4) is 0 Å². The molecule has 8 heteroatoms. The molecule has 1 aliphatic carbocycles. The standard InChI is InChI=1S/C24H35F3N2O3/c1-28-12-14-29(15-13-28)16-21(23(30)10-4-3-5-11-23)22(18-31-2)32-17-19-6-8-20(9-7-19)24(25,26)27/h6-9,18,21,30H,3-5,10-17H2,1-2H3/b22-18+. The molecule has 1 aromatic rings. The van der Waals surface area contributed by atoms with Gasteiger partial charge in [0.15, 0.2) is 0 Å². The quantitative estimate of drug-likeness (QED) is 0.592. The molecule has 3 rings (SSSR count). The Morgan fingerprint density at radius 3 is 2.28 bits per heavy atom. The molecule has 1 unspecified atom stereocenters. The predicted molar refractivity (Wildman–Crippen MR) is 117 cm³/mol. The van der Waals surface area contributed by atoms with Crippen LogP contribution < -0.4 is 0 Å². The van der Waals surface area contributed by atoms with Gasteiger partial charge in [-0.05, 0) is 37.6 Å². The van der Waals surface area contributed by atoms with Crippen LogP contribution in [-0.4, -0.2) is 67.4 Å². The smallest absolute Gasteiger partial charge is 0.416 e. The molecule has 1 atom stereocenters. The van der Waals surface area contributed by atoms with Crippen LogP contribution in [0.1, 0.15) is 43.2 Å². The molecule has 1 saturated heterocycles. The van der Waals surface area contributed by atoms with Gasteiger partial charge in [0, 0.05) is 32.7 Å². The number of halogens is 3. The molecule has 0 aromatic heterocycles. The molecule has 2 aliphatic rings. The molecule has 5 nitrogen and oxygen atoms in total. The third-order valence-corrected chi connectivity index (χ3v) is 6.67. The summed E-state index contributed by atoms with van der Waals surface area (Å²) in [7, 11) is 3.65. The van der Waals surface area contributed by atoms with E-state index in [1.807, 2.05) is 0 Å². The van der Waals surface area contributed by atoms with Crippen LogP contribution in [0.4, 0.5) is 13.2 Å². The molecule has 1 heterocycles. The second kappa shape index (κ2) is 10.9. The molecule has 1 saturated carbocycles. The summed E-state index contributed by atoms with van der Waals surface area (Å²) in [6.45, 7) is 4.56. The predicted octanol–water partition coefficient (Wildman–Crippen LogP) is 4.27. The highest BCUT2D eigenvalue weighted by atomic mass is 19.4. The van der Waals surface area contributed by atoms with Gasteiger partial charge in [-0.25, -0.2) is 0 Å². The number of methoxy groups -OCH3 is 1. The lowest BCUT2D eigenvalue weighted by Crippen LogP contribution is -2.51. The lowest BCUT2D eigenvalue weighted by Gasteiger charge is -2.43. The topological polar surface area (TPSA) is 45.2 Å². The minimum Gasteiger partial charge on any atom is -0.501 e. The number of alkyl halides is 3. The summed E-state index contributed by atoms with van der Waals surface area (Å²) in [6.07, 6.45) is 1.63.